The third-order valence-electron chi connectivity index (χ3n) is 1.78. The predicted octanol–water partition coefficient (Wildman–Crippen LogP) is 5.93. The van der Waals surface area contributed by atoms with Crippen LogP contribution in [0.15, 0.2) is 29.2 Å². The van der Waals surface area contributed by atoms with Crippen LogP contribution in [0.2, 0.25) is 0 Å². The molecule has 0 aliphatic heterocycles. The minimum absolute atomic E-state index is 0.431. The maximum atomic E-state index is 12.2. The van der Waals surface area contributed by atoms with Crippen molar-refractivity contribution in [3.8, 4) is 0 Å². The molecule has 0 aliphatic carbocycles. The first-order chi connectivity index (χ1) is 7.03. The molecular weight excluding hydrogens is 247 g/mol. The first-order valence-corrected chi connectivity index (χ1v) is 6.81. The fraction of sp³-hybridized carbons (Fsp3) is 0.400. The quantitative estimate of drug-likeness (QED) is 0.579. The van der Waals surface area contributed by atoms with Crippen LogP contribution in [0.25, 0.3) is 0 Å². The van der Waals surface area contributed by atoms with E-state index < -0.39 is 15.1 Å². The van der Waals surface area contributed by atoms with Gasteiger partial charge in [0.1, 0.15) is 4.90 Å². The lowest BCUT2D eigenvalue weighted by molar-refractivity contribution is 0.364. The largest absolute Gasteiger partial charge is 0.310 e. The highest BCUT2D eigenvalue weighted by atomic mass is 32.5. The molecule has 0 saturated heterocycles. The van der Waals surface area contributed by atoms with Crippen molar-refractivity contribution in [3.05, 3.63) is 29.8 Å². The molecule has 0 aliphatic rings. The van der Waals surface area contributed by atoms with Crippen LogP contribution in [0.4, 0.5) is 19.4 Å². The summed E-state index contributed by atoms with van der Waals surface area (Å²) in [6.45, 7) is 5.73. The summed E-state index contributed by atoms with van der Waals surface area (Å²) in [5.74, 6) is 0. The molecule has 0 fully saturated rings. The normalized spacial score (nSPS) is 15.5. The monoisotopic (exact) mass is 262 g/mol. The molecule has 0 saturated carbocycles. The van der Waals surface area contributed by atoms with Gasteiger partial charge in [0, 0.05) is 0 Å². The number of aryl methyl sites for hydroxylation is 1. The summed E-state index contributed by atoms with van der Waals surface area (Å²) in [4.78, 5) is -1.83. The SMILES string of the molecule is CC.CCc1ccc(S(F)(F)(F)(F)F)cc1. The van der Waals surface area contributed by atoms with Crippen molar-refractivity contribution >= 4 is 10.2 Å². The average Bonchev–Trinajstić information content (AvgIpc) is 2.18. The Morgan fingerprint density at radius 2 is 1.25 bits per heavy atom. The van der Waals surface area contributed by atoms with E-state index in [1.165, 1.54) is 0 Å². The highest BCUT2D eigenvalue weighted by Crippen LogP contribution is 3.02. The molecule has 1 rings (SSSR count). The van der Waals surface area contributed by atoms with E-state index in [4.69, 9.17) is 0 Å². The zero-order chi connectivity index (χ0) is 13.1. The van der Waals surface area contributed by atoms with E-state index in [-0.39, 0.29) is 0 Å². The molecular formula is C10H15F5S. The van der Waals surface area contributed by atoms with Crippen molar-refractivity contribution in [2.75, 3.05) is 0 Å². The molecule has 1 aromatic carbocycles. The van der Waals surface area contributed by atoms with Gasteiger partial charge >= 0.3 is 10.2 Å². The lowest BCUT2D eigenvalue weighted by Crippen LogP contribution is -2.05. The Labute approximate surface area is 92.2 Å². The van der Waals surface area contributed by atoms with Gasteiger partial charge in [-0.05, 0) is 24.1 Å². The first-order valence-electron chi connectivity index (χ1n) is 4.86. The molecule has 0 atom stereocenters. The Morgan fingerprint density at radius 3 is 1.50 bits per heavy atom. The van der Waals surface area contributed by atoms with E-state index in [2.05, 4.69) is 0 Å². The molecule has 0 bridgehead atoms. The van der Waals surface area contributed by atoms with Gasteiger partial charge in [0.25, 0.3) is 0 Å². The number of hydrogen-bond acceptors (Lipinski definition) is 0. The summed E-state index contributed by atoms with van der Waals surface area (Å²) in [6, 6.07) is 2.99. The summed E-state index contributed by atoms with van der Waals surface area (Å²) in [6.07, 6.45) is 0.514. The summed E-state index contributed by atoms with van der Waals surface area (Å²) in [5.41, 5.74) is 0.593. The zero-order valence-electron chi connectivity index (χ0n) is 9.31. The second-order valence-corrected chi connectivity index (χ2v) is 5.38. The van der Waals surface area contributed by atoms with Crippen LogP contribution in [0.1, 0.15) is 26.3 Å². The Bertz CT molecular complexity index is 336. The highest BCUT2D eigenvalue weighted by molar-refractivity contribution is 8.45. The van der Waals surface area contributed by atoms with Crippen LogP contribution >= 0.6 is 10.2 Å². The zero-order valence-corrected chi connectivity index (χ0v) is 10.1. The molecule has 0 nitrogen and oxygen atoms in total. The maximum Gasteiger partial charge on any atom is 0.310 e. The summed E-state index contributed by atoms with van der Waals surface area (Å²) in [7, 11) is -9.47. The van der Waals surface area contributed by atoms with E-state index in [9.17, 15) is 19.4 Å². The average molecular weight is 262 g/mol. The van der Waals surface area contributed by atoms with Crippen LogP contribution in [0.5, 0.6) is 0 Å². The van der Waals surface area contributed by atoms with Crippen LogP contribution in [-0.2, 0) is 6.42 Å². The number of benzene rings is 1. The molecule has 0 unspecified atom stereocenters. The predicted molar refractivity (Wildman–Crippen MR) is 58.6 cm³/mol. The van der Waals surface area contributed by atoms with Gasteiger partial charge in [-0.25, -0.2) is 0 Å². The maximum absolute atomic E-state index is 12.2. The van der Waals surface area contributed by atoms with Gasteiger partial charge in [-0.3, -0.25) is 0 Å². The Kier molecular flexibility index (Phi) is 3.72. The topological polar surface area (TPSA) is 0 Å². The van der Waals surface area contributed by atoms with Gasteiger partial charge in [0.15, 0.2) is 0 Å². The molecule has 1 aromatic rings. The molecule has 6 heteroatoms. The van der Waals surface area contributed by atoms with Gasteiger partial charge in [-0.2, -0.15) is 0 Å². The van der Waals surface area contributed by atoms with Crippen molar-refractivity contribution < 1.29 is 19.4 Å². The van der Waals surface area contributed by atoms with Crippen molar-refractivity contribution in [1.82, 2.24) is 0 Å². The van der Waals surface area contributed by atoms with Crippen molar-refractivity contribution in [3.63, 3.8) is 0 Å². The molecule has 96 valence electrons. The number of rotatable bonds is 2. The fourth-order valence-corrected chi connectivity index (χ4v) is 1.63. The van der Waals surface area contributed by atoms with Gasteiger partial charge < -0.3 is 0 Å². The Morgan fingerprint density at radius 1 is 0.875 bits per heavy atom. The molecule has 0 N–H and O–H groups in total. The van der Waals surface area contributed by atoms with Crippen LogP contribution in [-0.4, -0.2) is 0 Å². The summed E-state index contributed by atoms with van der Waals surface area (Å²) < 4.78 is 60.9. The van der Waals surface area contributed by atoms with Gasteiger partial charge in [-0.1, -0.05) is 52.3 Å². The van der Waals surface area contributed by atoms with Gasteiger partial charge in [0.2, 0.25) is 0 Å². The van der Waals surface area contributed by atoms with Gasteiger partial charge in [-0.15, -0.1) is 0 Å². The van der Waals surface area contributed by atoms with Crippen molar-refractivity contribution in [1.29, 1.82) is 0 Å². The van der Waals surface area contributed by atoms with Crippen LogP contribution in [0.3, 0.4) is 0 Å². The molecule has 16 heavy (non-hydrogen) atoms. The smallest absolute Gasteiger partial charge is 0.0936 e. The molecule has 0 radical (unpaired) electrons. The standard InChI is InChI=1S/C8H9F5S.C2H6/c1-2-7-3-5-8(6-4-7)14(9,10,11,12)13;1-2/h3-6H,2H2,1H3;1-2H3. The second-order valence-electron chi connectivity index (χ2n) is 2.97. The summed E-state index contributed by atoms with van der Waals surface area (Å²) in [5, 5.41) is 0. The second kappa shape index (κ2) is 3.91. The summed E-state index contributed by atoms with van der Waals surface area (Å²) >= 11 is 0. The minimum Gasteiger partial charge on any atom is -0.0936 e. The number of halogens is 5. The van der Waals surface area contributed by atoms with Crippen molar-refractivity contribution in [2.45, 2.75) is 32.1 Å². The van der Waals surface area contributed by atoms with Gasteiger partial charge in [0.05, 0.1) is 0 Å². The van der Waals surface area contributed by atoms with E-state index in [1.54, 1.807) is 6.92 Å². The Balaban J connectivity index is 0.00000106. The first kappa shape index (κ1) is 15.2. The van der Waals surface area contributed by atoms with E-state index in [1.807, 2.05) is 13.8 Å². The van der Waals surface area contributed by atoms with Crippen LogP contribution < -0.4 is 0 Å². The Hall–Kier alpha value is -0.780. The van der Waals surface area contributed by atoms with E-state index >= 15 is 0 Å². The highest BCUT2D eigenvalue weighted by Gasteiger charge is 2.65. The van der Waals surface area contributed by atoms with E-state index in [0.29, 0.717) is 24.1 Å². The fourth-order valence-electron chi connectivity index (χ4n) is 0.982. The molecule has 0 spiro atoms. The lowest BCUT2D eigenvalue weighted by Gasteiger charge is -2.40. The molecule has 0 amide bonds. The minimum atomic E-state index is -9.47. The lowest BCUT2D eigenvalue weighted by atomic mass is 10.2. The molecule has 0 aromatic heterocycles. The third-order valence-corrected chi connectivity index (χ3v) is 2.94. The van der Waals surface area contributed by atoms with E-state index in [0.717, 1.165) is 12.1 Å². The third kappa shape index (κ3) is 4.38. The number of hydrogen-bond donors (Lipinski definition) is 0. The van der Waals surface area contributed by atoms with Crippen LogP contribution in [0, 0.1) is 0 Å². The van der Waals surface area contributed by atoms with Crippen molar-refractivity contribution in [2.24, 2.45) is 0 Å². The molecule has 0 heterocycles.